The number of hydrogen-bond acceptors (Lipinski definition) is 5. The van der Waals surface area contributed by atoms with Gasteiger partial charge in [0.15, 0.2) is 0 Å². The minimum absolute atomic E-state index is 0.0193. The topological polar surface area (TPSA) is 77.5 Å². The van der Waals surface area contributed by atoms with Gasteiger partial charge >= 0.3 is 5.97 Å². The molecule has 4 aliphatic carbocycles. The van der Waals surface area contributed by atoms with E-state index in [1.54, 1.807) is 6.92 Å². The van der Waals surface area contributed by atoms with Crippen molar-refractivity contribution in [3.63, 3.8) is 0 Å². The molecule has 0 aromatic heterocycles. The third-order valence-corrected chi connectivity index (χ3v) is 9.49. The van der Waals surface area contributed by atoms with E-state index in [9.17, 15) is 19.2 Å². The van der Waals surface area contributed by atoms with Gasteiger partial charge < -0.3 is 4.74 Å². The molecule has 0 spiro atoms. The smallest absolute Gasteiger partial charge is 0.311 e. The second-order valence-corrected chi connectivity index (χ2v) is 12.4. The van der Waals surface area contributed by atoms with Gasteiger partial charge in [-0.25, -0.2) is 0 Å². The largest absolute Gasteiger partial charge is 0.462 e. The molecule has 0 amide bonds. The first-order valence-corrected chi connectivity index (χ1v) is 12.0. The van der Waals surface area contributed by atoms with Crippen molar-refractivity contribution >= 4 is 23.3 Å². The van der Waals surface area contributed by atoms with Crippen molar-refractivity contribution in [1.82, 2.24) is 0 Å². The van der Waals surface area contributed by atoms with Crippen LogP contribution in [0.4, 0.5) is 0 Å². The molecule has 0 heterocycles. The summed E-state index contributed by atoms with van der Waals surface area (Å²) in [6.45, 7) is 11.5. The van der Waals surface area contributed by atoms with Crippen LogP contribution in [0.1, 0.15) is 86.5 Å². The van der Waals surface area contributed by atoms with Crippen molar-refractivity contribution in [2.24, 2.45) is 45.8 Å². The van der Waals surface area contributed by atoms with Crippen LogP contribution in [0.2, 0.25) is 0 Å². The Balaban J connectivity index is 1.73. The van der Waals surface area contributed by atoms with Crippen LogP contribution in [0.25, 0.3) is 0 Å². The number of fused-ring (bicyclic) bond motifs is 5. The zero-order valence-corrected chi connectivity index (χ0v) is 20.0. The molecule has 0 aliphatic heterocycles. The van der Waals surface area contributed by atoms with Crippen molar-refractivity contribution < 1.29 is 23.9 Å². The van der Waals surface area contributed by atoms with Gasteiger partial charge in [-0.2, -0.15) is 0 Å². The molecule has 8 atom stereocenters. The van der Waals surface area contributed by atoms with Crippen LogP contribution in [-0.2, 0) is 23.9 Å². The van der Waals surface area contributed by atoms with E-state index < -0.39 is 10.8 Å². The Kier molecular flexibility index (Phi) is 5.30. The molecule has 5 nitrogen and oxygen atoms in total. The van der Waals surface area contributed by atoms with Gasteiger partial charge in [0.25, 0.3) is 0 Å². The lowest BCUT2D eigenvalue weighted by molar-refractivity contribution is -0.176. The molecule has 0 N–H and O–H groups in total. The molecule has 4 saturated carbocycles. The maximum atomic E-state index is 13.7. The van der Waals surface area contributed by atoms with Gasteiger partial charge in [-0.05, 0) is 76.0 Å². The summed E-state index contributed by atoms with van der Waals surface area (Å²) >= 11 is 0. The summed E-state index contributed by atoms with van der Waals surface area (Å²) in [6.07, 6.45) is 4.31. The number of carbonyl (C=O) groups excluding carboxylic acids is 4. The summed E-state index contributed by atoms with van der Waals surface area (Å²) in [4.78, 5) is 51.3. The Labute approximate surface area is 186 Å². The number of hydrogen-bond donors (Lipinski definition) is 0. The van der Waals surface area contributed by atoms with E-state index in [0.29, 0.717) is 31.5 Å². The fourth-order valence-electron chi connectivity index (χ4n) is 7.97. The number of carbonyl (C=O) groups is 4. The molecule has 172 valence electrons. The van der Waals surface area contributed by atoms with Crippen LogP contribution in [0.5, 0.6) is 0 Å². The van der Waals surface area contributed by atoms with E-state index in [4.69, 9.17) is 4.74 Å². The normalized spacial score (nSPS) is 44.8. The summed E-state index contributed by atoms with van der Waals surface area (Å²) in [5.41, 5.74) is -1.23. The molecular formula is C26H38O5. The van der Waals surface area contributed by atoms with Crippen LogP contribution in [-0.4, -0.2) is 29.4 Å². The van der Waals surface area contributed by atoms with Crippen LogP contribution in [0, 0.1) is 45.8 Å². The van der Waals surface area contributed by atoms with Crippen LogP contribution >= 0.6 is 0 Å². The monoisotopic (exact) mass is 430 g/mol. The van der Waals surface area contributed by atoms with E-state index in [1.165, 1.54) is 0 Å². The highest BCUT2D eigenvalue weighted by molar-refractivity contribution is 5.88. The van der Waals surface area contributed by atoms with Gasteiger partial charge in [0.1, 0.15) is 23.5 Å². The molecule has 31 heavy (non-hydrogen) atoms. The second-order valence-electron chi connectivity index (χ2n) is 12.4. The summed E-state index contributed by atoms with van der Waals surface area (Å²) < 4.78 is 6.10. The van der Waals surface area contributed by atoms with E-state index >= 15 is 0 Å². The van der Waals surface area contributed by atoms with Gasteiger partial charge in [-0.3, -0.25) is 19.2 Å². The molecule has 0 radical (unpaired) electrons. The van der Waals surface area contributed by atoms with Crippen molar-refractivity contribution in [2.45, 2.75) is 92.6 Å². The third kappa shape index (κ3) is 3.41. The SMILES string of the molecule is CC(=O)[C@H]1CC(OC(=O)C(C)(C)C)[C@H]2[C@@H]3CCC4CC(=O)CC[C@]4(C)[C@H]3C(=O)C[C@]12C. The molecule has 0 aromatic rings. The molecule has 0 aromatic carbocycles. The summed E-state index contributed by atoms with van der Waals surface area (Å²) in [7, 11) is 0. The Morgan fingerprint density at radius 2 is 1.74 bits per heavy atom. The zero-order chi connectivity index (χ0) is 22.9. The summed E-state index contributed by atoms with van der Waals surface area (Å²) in [6, 6.07) is 0. The lowest BCUT2D eigenvalue weighted by atomic mass is 9.44. The molecule has 0 bridgehead atoms. The van der Waals surface area contributed by atoms with Crippen molar-refractivity contribution in [1.29, 1.82) is 0 Å². The predicted molar refractivity (Wildman–Crippen MR) is 116 cm³/mol. The Morgan fingerprint density at radius 3 is 2.35 bits per heavy atom. The van der Waals surface area contributed by atoms with Crippen molar-refractivity contribution in [3.8, 4) is 0 Å². The second kappa shape index (κ2) is 7.25. The number of rotatable bonds is 2. The molecule has 5 heteroatoms. The van der Waals surface area contributed by atoms with E-state index in [0.717, 1.165) is 19.3 Å². The van der Waals surface area contributed by atoms with Crippen LogP contribution in [0.15, 0.2) is 0 Å². The van der Waals surface area contributed by atoms with E-state index in [2.05, 4.69) is 13.8 Å². The minimum Gasteiger partial charge on any atom is -0.462 e. The first-order chi connectivity index (χ1) is 14.3. The summed E-state index contributed by atoms with van der Waals surface area (Å²) in [5, 5.41) is 0. The number of Topliss-reactive ketones (excluding diaryl/α,β-unsaturated/α-hetero) is 3. The standard InChI is InChI=1S/C26H38O5/c1-14(27)18-12-20(31-23(30)24(2,3)4)22-17-8-7-15-11-16(28)9-10-25(15,5)21(17)19(29)13-26(18,22)6/h15,17-18,20-22H,7-13H2,1-6H3/t15?,17-,18-,20?,21-,22-,25+,26-/m1/s1. The molecule has 4 aliphatic rings. The highest BCUT2D eigenvalue weighted by Crippen LogP contribution is 2.66. The lowest BCUT2D eigenvalue weighted by Crippen LogP contribution is -2.59. The molecule has 4 fully saturated rings. The van der Waals surface area contributed by atoms with Crippen molar-refractivity contribution in [2.75, 3.05) is 0 Å². The van der Waals surface area contributed by atoms with Gasteiger partial charge in [-0.15, -0.1) is 0 Å². The maximum Gasteiger partial charge on any atom is 0.311 e. The van der Waals surface area contributed by atoms with Crippen molar-refractivity contribution in [3.05, 3.63) is 0 Å². The highest BCUT2D eigenvalue weighted by Gasteiger charge is 2.67. The summed E-state index contributed by atoms with van der Waals surface area (Å²) in [5.74, 6) is 0.495. The van der Waals surface area contributed by atoms with Gasteiger partial charge in [0.2, 0.25) is 0 Å². The Hall–Kier alpha value is -1.52. The van der Waals surface area contributed by atoms with Gasteiger partial charge in [0.05, 0.1) is 5.41 Å². The van der Waals surface area contributed by atoms with Gasteiger partial charge in [-0.1, -0.05) is 13.8 Å². The highest BCUT2D eigenvalue weighted by atomic mass is 16.5. The minimum atomic E-state index is -0.609. The fraction of sp³-hybridized carbons (Fsp3) is 0.846. The molecule has 4 rings (SSSR count). The lowest BCUT2D eigenvalue weighted by Gasteiger charge is -2.59. The quantitative estimate of drug-likeness (QED) is 0.601. The zero-order valence-electron chi connectivity index (χ0n) is 20.0. The first-order valence-electron chi connectivity index (χ1n) is 12.0. The Morgan fingerprint density at radius 1 is 1.06 bits per heavy atom. The average molecular weight is 431 g/mol. The third-order valence-electron chi connectivity index (χ3n) is 9.49. The molecular weight excluding hydrogens is 392 g/mol. The first kappa shape index (κ1) is 22.7. The Bertz CT molecular complexity index is 822. The fourth-order valence-corrected chi connectivity index (χ4v) is 7.97. The molecule has 2 unspecified atom stereocenters. The number of ether oxygens (including phenoxy) is 1. The van der Waals surface area contributed by atoms with Gasteiger partial charge in [0, 0.05) is 37.0 Å². The van der Waals surface area contributed by atoms with Crippen LogP contribution in [0.3, 0.4) is 0 Å². The number of esters is 1. The number of ketones is 3. The average Bonchev–Trinajstić information content (AvgIpc) is 2.93. The van der Waals surface area contributed by atoms with E-state index in [-0.39, 0.29) is 58.6 Å². The van der Waals surface area contributed by atoms with E-state index in [1.807, 2.05) is 20.8 Å². The van der Waals surface area contributed by atoms with Crippen LogP contribution < -0.4 is 0 Å². The predicted octanol–water partition coefficient (Wildman–Crippen LogP) is 4.55. The maximum absolute atomic E-state index is 13.7. The molecule has 0 saturated heterocycles.